The Morgan fingerprint density at radius 2 is 2.17 bits per heavy atom. The molecule has 5 rings (SSSR count). The Kier molecular flexibility index (Phi) is 5.30. The van der Waals surface area contributed by atoms with Gasteiger partial charge < -0.3 is 9.32 Å². The van der Waals surface area contributed by atoms with Gasteiger partial charge in [0.25, 0.3) is 0 Å². The van der Waals surface area contributed by atoms with Gasteiger partial charge in [-0.3, -0.25) is 9.36 Å². The number of rotatable bonds is 6. The third kappa shape index (κ3) is 3.52. The van der Waals surface area contributed by atoms with E-state index in [4.69, 9.17) is 9.40 Å². The number of furan rings is 1. The van der Waals surface area contributed by atoms with E-state index in [1.807, 2.05) is 46.7 Å². The van der Waals surface area contributed by atoms with E-state index in [0.29, 0.717) is 23.9 Å². The second-order valence-electron chi connectivity index (χ2n) is 7.08. The maximum Gasteiger partial charge on any atom is 0.233 e. The van der Waals surface area contributed by atoms with Gasteiger partial charge in [-0.05, 0) is 44.0 Å². The molecule has 0 radical (unpaired) electrons. The van der Waals surface area contributed by atoms with Crippen LogP contribution >= 0.6 is 23.1 Å². The summed E-state index contributed by atoms with van der Waals surface area (Å²) in [6, 6.07) is 11.9. The summed E-state index contributed by atoms with van der Waals surface area (Å²) in [6.45, 7) is 3.51. The van der Waals surface area contributed by atoms with Gasteiger partial charge in [0.05, 0.1) is 28.3 Å². The Morgan fingerprint density at radius 3 is 2.97 bits per heavy atom. The molecule has 154 valence electrons. The monoisotopic (exact) mass is 439 g/mol. The highest BCUT2D eigenvalue weighted by molar-refractivity contribution is 7.99. The van der Waals surface area contributed by atoms with Crippen LogP contribution in [0.1, 0.15) is 30.8 Å². The van der Waals surface area contributed by atoms with Crippen molar-refractivity contribution in [2.75, 3.05) is 12.3 Å². The summed E-state index contributed by atoms with van der Waals surface area (Å²) in [5.41, 5.74) is 1.01. The first-order valence-corrected chi connectivity index (χ1v) is 11.8. The number of nitrogens with zero attached hydrogens (tertiary/aromatic N) is 5. The number of carbonyl (C=O) groups is 1. The number of carbonyl (C=O) groups excluding carboxylic acids is 1. The van der Waals surface area contributed by atoms with E-state index < -0.39 is 0 Å². The second kappa shape index (κ2) is 8.23. The van der Waals surface area contributed by atoms with Crippen LogP contribution in [0.25, 0.3) is 21.8 Å². The molecule has 9 heteroatoms. The second-order valence-corrected chi connectivity index (χ2v) is 9.09. The molecule has 7 nitrogen and oxygen atoms in total. The molecule has 1 aliphatic rings. The van der Waals surface area contributed by atoms with Crippen LogP contribution in [0.15, 0.2) is 52.2 Å². The predicted molar refractivity (Wildman–Crippen MR) is 117 cm³/mol. The number of aromatic nitrogens is 4. The van der Waals surface area contributed by atoms with Crippen LogP contribution in [0.5, 0.6) is 0 Å². The summed E-state index contributed by atoms with van der Waals surface area (Å²) >= 11 is 3.12. The lowest BCUT2D eigenvalue weighted by molar-refractivity contribution is -0.129. The molecule has 3 aromatic heterocycles. The zero-order chi connectivity index (χ0) is 20.5. The molecule has 1 amide bonds. The fraction of sp³-hybridized carbons (Fsp3) is 0.333. The minimum atomic E-state index is 0.0678. The van der Waals surface area contributed by atoms with E-state index in [9.17, 15) is 4.79 Å². The molecule has 4 heterocycles. The van der Waals surface area contributed by atoms with Crippen molar-refractivity contribution in [3.8, 4) is 11.6 Å². The van der Waals surface area contributed by atoms with Gasteiger partial charge in [0.15, 0.2) is 16.7 Å². The van der Waals surface area contributed by atoms with Crippen molar-refractivity contribution in [3.63, 3.8) is 0 Å². The fourth-order valence-corrected chi connectivity index (χ4v) is 5.84. The van der Waals surface area contributed by atoms with Gasteiger partial charge in [0.2, 0.25) is 5.91 Å². The highest BCUT2D eigenvalue weighted by Gasteiger charge is 2.32. The number of thiazole rings is 1. The van der Waals surface area contributed by atoms with Gasteiger partial charge in [0, 0.05) is 13.1 Å². The van der Waals surface area contributed by atoms with Gasteiger partial charge in [0.1, 0.15) is 5.01 Å². The molecule has 0 bridgehead atoms. The lowest BCUT2D eigenvalue weighted by atomic mass is 10.2. The number of likely N-dealkylation sites (tertiary alicyclic amines) is 1. The third-order valence-electron chi connectivity index (χ3n) is 5.27. The zero-order valence-electron chi connectivity index (χ0n) is 16.5. The summed E-state index contributed by atoms with van der Waals surface area (Å²) < 4.78 is 8.60. The standard InChI is InChI=1S/C21H21N5O2S2/c1-2-25-19(16-9-6-12-28-16)23-24-21(25)29-13-18(27)26-11-5-8-15(26)20-22-14-7-3-4-10-17(14)30-20/h3-4,6-7,9-10,12,15H,2,5,8,11,13H2,1H3/t15-/m1/s1. The average molecular weight is 440 g/mol. The first-order chi connectivity index (χ1) is 14.7. The van der Waals surface area contributed by atoms with Crippen LogP contribution in [-0.4, -0.2) is 42.9 Å². The lowest BCUT2D eigenvalue weighted by Gasteiger charge is -2.22. The Morgan fingerprint density at radius 1 is 1.27 bits per heavy atom. The molecule has 0 N–H and O–H groups in total. The van der Waals surface area contributed by atoms with Gasteiger partial charge in [-0.25, -0.2) is 4.98 Å². The van der Waals surface area contributed by atoms with Crippen LogP contribution in [0.4, 0.5) is 0 Å². The van der Waals surface area contributed by atoms with Crippen molar-refractivity contribution in [2.45, 2.75) is 37.5 Å². The van der Waals surface area contributed by atoms with Gasteiger partial charge in [-0.2, -0.15) is 0 Å². The zero-order valence-corrected chi connectivity index (χ0v) is 18.2. The van der Waals surface area contributed by atoms with Crippen LogP contribution < -0.4 is 0 Å². The largest absolute Gasteiger partial charge is 0.461 e. The SMILES string of the molecule is CCn1c(SCC(=O)N2CCC[C@@H]2c2nc3ccccc3s2)nnc1-c1ccco1. The maximum atomic E-state index is 13.1. The first kappa shape index (κ1) is 19.3. The van der Waals surface area contributed by atoms with E-state index in [0.717, 1.165) is 35.1 Å². The quantitative estimate of drug-likeness (QED) is 0.408. The van der Waals surface area contributed by atoms with E-state index in [1.165, 1.54) is 16.5 Å². The topological polar surface area (TPSA) is 77.1 Å². The highest BCUT2D eigenvalue weighted by Crippen LogP contribution is 2.37. The molecular formula is C21H21N5O2S2. The minimum Gasteiger partial charge on any atom is -0.461 e. The molecule has 0 spiro atoms. The van der Waals surface area contributed by atoms with Crippen LogP contribution in [0.3, 0.4) is 0 Å². The third-order valence-corrected chi connectivity index (χ3v) is 7.36. The Hall–Kier alpha value is -2.65. The number of amides is 1. The van der Waals surface area contributed by atoms with Gasteiger partial charge in [-0.1, -0.05) is 23.9 Å². The molecule has 4 aromatic rings. The Labute approximate surface area is 182 Å². The highest BCUT2D eigenvalue weighted by atomic mass is 32.2. The molecule has 0 aliphatic carbocycles. The number of benzene rings is 1. The molecule has 1 atom stereocenters. The smallest absolute Gasteiger partial charge is 0.233 e. The van der Waals surface area contributed by atoms with E-state index in [1.54, 1.807) is 17.6 Å². The van der Waals surface area contributed by atoms with Crippen molar-refractivity contribution in [2.24, 2.45) is 0 Å². The molecule has 30 heavy (non-hydrogen) atoms. The summed E-state index contributed by atoms with van der Waals surface area (Å²) in [5, 5.41) is 10.3. The molecule has 1 fully saturated rings. The first-order valence-electron chi connectivity index (χ1n) is 9.99. The summed E-state index contributed by atoms with van der Waals surface area (Å²) in [5.74, 6) is 1.81. The van der Waals surface area contributed by atoms with Crippen molar-refractivity contribution in [1.29, 1.82) is 0 Å². The van der Waals surface area contributed by atoms with Crippen LogP contribution in [-0.2, 0) is 11.3 Å². The van der Waals surface area contributed by atoms with E-state index >= 15 is 0 Å². The maximum absolute atomic E-state index is 13.1. The van der Waals surface area contributed by atoms with E-state index in [-0.39, 0.29) is 11.9 Å². The van der Waals surface area contributed by atoms with Crippen LogP contribution in [0, 0.1) is 0 Å². The molecular weight excluding hydrogens is 418 g/mol. The van der Waals surface area contributed by atoms with Gasteiger partial charge in [-0.15, -0.1) is 21.5 Å². The average Bonchev–Trinajstić information content (AvgIpc) is 3.55. The van der Waals surface area contributed by atoms with Crippen molar-refractivity contribution < 1.29 is 9.21 Å². The number of hydrogen-bond donors (Lipinski definition) is 0. The molecule has 0 unspecified atom stereocenters. The lowest BCUT2D eigenvalue weighted by Crippen LogP contribution is -2.32. The summed E-state index contributed by atoms with van der Waals surface area (Å²) in [7, 11) is 0. The number of thioether (sulfide) groups is 1. The number of hydrogen-bond acceptors (Lipinski definition) is 7. The predicted octanol–water partition coefficient (Wildman–Crippen LogP) is 4.62. The fourth-order valence-electron chi connectivity index (χ4n) is 3.83. The normalized spacial score (nSPS) is 16.6. The molecule has 1 aromatic carbocycles. The molecule has 0 saturated carbocycles. The minimum absolute atomic E-state index is 0.0678. The summed E-state index contributed by atoms with van der Waals surface area (Å²) in [4.78, 5) is 19.8. The molecule has 1 saturated heterocycles. The van der Waals surface area contributed by atoms with Gasteiger partial charge >= 0.3 is 0 Å². The van der Waals surface area contributed by atoms with Crippen molar-refractivity contribution in [3.05, 3.63) is 47.7 Å². The van der Waals surface area contributed by atoms with Crippen molar-refractivity contribution in [1.82, 2.24) is 24.6 Å². The van der Waals surface area contributed by atoms with Crippen molar-refractivity contribution >= 4 is 39.2 Å². The summed E-state index contributed by atoms with van der Waals surface area (Å²) in [6.07, 6.45) is 3.59. The van der Waals surface area contributed by atoms with Crippen LogP contribution in [0.2, 0.25) is 0 Å². The number of fused-ring (bicyclic) bond motifs is 1. The molecule has 1 aliphatic heterocycles. The Bertz CT molecular complexity index is 1130. The van der Waals surface area contributed by atoms with E-state index in [2.05, 4.69) is 16.3 Å². The Balaban J connectivity index is 1.30. The number of para-hydroxylation sites is 1.